The number of carbonyl (C=O) groups is 4. The molecular formula is C26H26N2O8S. The Morgan fingerprint density at radius 3 is 2.22 bits per heavy atom. The molecule has 2 aromatic rings. The van der Waals surface area contributed by atoms with Gasteiger partial charge in [0.2, 0.25) is 5.91 Å². The maximum absolute atomic E-state index is 12.9. The summed E-state index contributed by atoms with van der Waals surface area (Å²) in [5.74, 6) is 2.69. The second kappa shape index (κ2) is 12.2. The summed E-state index contributed by atoms with van der Waals surface area (Å²) in [6, 6.07) is 11.8. The summed E-state index contributed by atoms with van der Waals surface area (Å²) in [5.41, 5.74) is 0.489. The van der Waals surface area contributed by atoms with Crippen LogP contribution in [0.25, 0.3) is 0 Å². The molecule has 11 heteroatoms. The summed E-state index contributed by atoms with van der Waals surface area (Å²) < 4.78 is 31.1. The Balaban J connectivity index is 1.48. The number of fused-ring (bicyclic) bond motifs is 1. The standard InChI is InChI=1S/C26H26N2O8S/c1-2-3-16-36-18-11-13-19(14-12-18)37(34,35)22(26(32)33)10-6-7-15-27-23(29)17-28-24(30)20-8-4-5-9-21(20)25(28)31/h4-5,8-9,11-14,22H,6-7,10,15-17H2,1H3,(H,27,29)(H,32,33). The number of amides is 3. The van der Waals surface area contributed by atoms with Gasteiger partial charge in [-0.25, -0.2) is 8.42 Å². The Kier molecular flexibility index (Phi) is 9.03. The SMILES string of the molecule is CC#CCOc1ccc(S(=O)(=O)C(CCCCNC(=O)CN2C(=O)c3ccccc3C2=O)C(=O)O)cc1. The van der Waals surface area contributed by atoms with Gasteiger partial charge in [0, 0.05) is 6.54 Å². The predicted octanol–water partition coefficient (Wildman–Crippen LogP) is 1.90. The maximum Gasteiger partial charge on any atom is 0.322 e. The zero-order valence-electron chi connectivity index (χ0n) is 20.1. The number of carboxylic acids is 1. The molecule has 2 N–H and O–H groups in total. The van der Waals surface area contributed by atoms with Gasteiger partial charge < -0.3 is 15.2 Å². The summed E-state index contributed by atoms with van der Waals surface area (Å²) in [7, 11) is -4.15. The minimum atomic E-state index is -4.15. The fourth-order valence-corrected chi connectivity index (χ4v) is 5.34. The van der Waals surface area contributed by atoms with E-state index in [4.69, 9.17) is 4.74 Å². The van der Waals surface area contributed by atoms with Crippen LogP contribution in [-0.2, 0) is 19.4 Å². The quantitative estimate of drug-likeness (QED) is 0.242. The molecule has 0 aliphatic carbocycles. The first-order chi connectivity index (χ1) is 17.7. The van der Waals surface area contributed by atoms with Gasteiger partial charge in [-0.15, -0.1) is 5.92 Å². The fourth-order valence-electron chi connectivity index (χ4n) is 3.76. The van der Waals surface area contributed by atoms with Crippen LogP contribution in [0.5, 0.6) is 5.75 Å². The van der Waals surface area contributed by atoms with Gasteiger partial charge in [0.1, 0.15) is 18.9 Å². The number of unbranched alkanes of at least 4 members (excludes halogenated alkanes) is 1. The van der Waals surface area contributed by atoms with Crippen molar-refractivity contribution in [2.75, 3.05) is 19.7 Å². The number of imide groups is 1. The van der Waals surface area contributed by atoms with Crippen molar-refractivity contribution in [3.8, 4) is 17.6 Å². The van der Waals surface area contributed by atoms with Crippen molar-refractivity contribution in [1.29, 1.82) is 0 Å². The molecule has 1 aliphatic heterocycles. The first-order valence-corrected chi connectivity index (χ1v) is 13.0. The molecule has 2 aromatic carbocycles. The fraction of sp³-hybridized carbons (Fsp3) is 0.308. The Hall–Kier alpha value is -4.17. The van der Waals surface area contributed by atoms with E-state index >= 15 is 0 Å². The van der Waals surface area contributed by atoms with Crippen molar-refractivity contribution < 1.29 is 37.4 Å². The number of hydrogen-bond donors (Lipinski definition) is 2. The average molecular weight is 527 g/mol. The number of nitrogens with one attached hydrogen (secondary N) is 1. The van der Waals surface area contributed by atoms with Gasteiger partial charge in [-0.2, -0.15) is 0 Å². The van der Waals surface area contributed by atoms with Crippen molar-refractivity contribution in [1.82, 2.24) is 10.2 Å². The molecule has 0 fully saturated rings. The molecule has 10 nitrogen and oxygen atoms in total. The molecule has 0 saturated carbocycles. The van der Waals surface area contributed by atoms with Crippen LogP contribution in [-0.4, -0.2) is 67.1 Å². The molecule has 1 unspecified atom stereocenters. The molecule has 3 rings (SSSR count). The molecule has 0 bridgehead atoms. The van der Waals surface area contributed by atoms with Gasteiger partial charge in [0.25, 0.3) is 11.8 Å². The summed E-state index contributed by atoms with van der Waals surface area (Å²) in [6.45, 7) is 1.50. The van der Waals surface area contributed by atoms with Crippen molar-refractivity contribution in [3.05, 3.63) is 59.7 Å². The number of hydrogen-bond acceptors (Lipinski definition) is 7. The second-order valence-corrected chi connectivity index (χ2v) is 10.3. The Morgan fingerprint density at radius 2 is 1.65 bits per heavy atom. The zero-order chi connectivity index (χ0) is 27.0. The van der Waals surface area contributed by atoms with Crippen LogP contribution in [0.15, 0.2) is 53.4 Å². The van der Waals surface area contributed by atoms with Crippen LogP contribution in [0.2, 0.25) is 0 Å². The van der Waals surface area contributed by atoms with Gasteiger partial charge in [0.05, 0.1) is 16.0 Å². The lowest BCUT2D eigenvalue weighted by Crippen LogP contribution is -2.40. The molecule has 194 valence electrons. The van der Waals surface area contributed by atoms with Gasteiger partial charge in [-0.05, 0) is 62.6 Å². The summed E-state index contributed by atoms with van der Waals surface area (Å²) in [6.07, 6.45) is 0.356. The van der Waals surface area contributed by atoms with E-state index in [0.717, 1.165) is 4.90 Å². The third kappa shape index (κ3) is 6.54. The molecule has 0 aromatic heterocycles. The summed E-state index contributed by atoms with van der Waals surface area (Å²) in [4.78, 5) is 49.4. The highest BCUT2D eigenvalue weighted by Crippen LogP contribution is 2.24. The van der Waals surface area contributed by atoms with E-state index in [9.17, 15) is 32.7 Å². The highest BCUT2D eigenvalue weighted by atomic mass is 32.2. The average Bonchev–Trinajstić information content (AvgIpc) is 3.11. The maximum atomic E-state index is 12.9. The van der Waals surface area contributed by atoms with Crippen LogP contribution in [0.1, 0.15) is 46.9 Å². The zero-order valence-corrected chi connectivity index (χ0v) is 20.9. The van der Waals surface area contributed by atoms with Crippen molar-refractivity contribution in [2.24, 2.45) is 0 Å². The normalized spacial score (nSPS) is 13.4. The molecule has 37 heavy (non-hydrogen) atoms. The number of nitrogens with zero attached hydrogens (tertiary/aromatic N) is 1. The monoisotopic (exact) mass is 526 g/mol. The molecule has 1 aliphatic rings. The topological polar surface area (TPSA) is 147 Å². The van der Waals surface area contributed by atoms with E-state index < -0.39 is 45.3 Å². The van der Waals surface area contributed by atoms with E-state index in [1.54, 1.807) is 19.1 Å². The van der Waals surface area contributed by atoms with E-state index in [2.05, 4.69) is 17.2 Å². The summed E-state index contributed by atoms with van der Waals surface area (Å²) >= 11 is 0. The number of rotatable bonds is 12. The second-order valence-electron chi connectivity index (χ2n) is 8.15. The van der Waals surface area contributed by atoms with Crippen LogP contribution in [0.3, 0.4) is 0 Å². The minimum Gasteiger partial charge on any atom is -0.481 e. The lowest BCUT2D eigenvalue weighted by atomic mass is 10.1. The van der Waals surface area contributed by atoms with Gasteiger partial charge in [-0.1, -0.05) is 18.1 Å². The highest BCUT2D eigenvalue weighted by Gasteiger charge is 2.36. The molecule has 0 saturated heterocycles. The van der Waals surface area contributed by atoms with E-state index in [1.807, 2.05) is 0 Å². The molecular weight excluding hydrogens is 500 g/mol. The number of carboxylic acid groups (broad SMARTS) is 1. The van der Waals surface area contributed by atoms with Crippen molar-refractivity contribution >= 4 is 33.5 Å². The molecule has 1 atom stereocenters. The highest BCUT2D eigenvalue weighted by molar-refractivity contribution is 7.92. The minimum absolute atomic E-state index is 0.126. The smallest absolute Gasteiger partial charge is 0.322 e. The summed E-state index contributed by atoms with van der Waals surface area (Å²) in [5, 5.41) is 10.5. The van der Waals surface area contributed by atoms with Crippen LogP contribution < -0.4 is 10.1 Å². The van der Waals surface area contributed by atoms with E-state index in [-0.39, 0.29) is 42.0 Å². The van der Waals surface area contributed by atoms with Gasteiger partial charge >= 0.3 is 5.97 Å². The lowest BCUT2D eigenvalue weighted by molar-refractivity contribution is -0.136. The van der Waals surface area contributed by atoms with Crippen LogP contribution in [0, 0.1) is 11.8 Å². The molecule has 3 amide bonds. The molecule has 1 heterocycles. The molecule has 0 spiro atoms. The van der Waals surface area contributed by atoms with Gasteiger partial charge in [-0.3, -0.25) is 24.1 Å². The van der Waals surface area contributed by atoms with E-state index in [0.29, 0.717) is 12.2 Å². The number of carbonyl (C=O) groups excluding carboxylic acids is 3. The molecule has 0 radical (unpaired) electrons. The van der Waals surface area contributed by atoms with E-state index in [1.165, 1.54) is 36.4 Å². The van der Waals surface area contributed by atoms with Crippen molar-refractivity contribution in [2.45, 2.75) is 36.3 Å². The Morgan fingerprint density at radius 1 is 1.03 bits per heavy atom. The van der Waals surface area contributed by atoms with Crippen LogP contribution in [0.4, 0.5) is 0 Å². The lowest BCUT2D eigenvalue weighted by Gasteiger charge is -2.15. The third-order valence-corrected chi connectivity index (χ3v) is 7.80. The Bertz CT molecular complexity index is 1320. The van der Waals surface area contributed by atoms with Gasteiger partial charge in [0.15, 0.2) is 15.1 Å². The first kappa shape index (κ1) is 27.4. The van der Waals surface area contributed by atoms with Crippen molar-refractivity contribution in [3.63, 3.8) is 0 Å². The first-order valence-electron chi connectivity index (χ1n) is 11.5. The van der Waals surface area contributed by atoms with Crippen LogP contribution >= 0.6 is 0 Å². The Labute approximate surface area is 214 Å². The largest absolute Gasteiger partial charge is 0.481 e. The third-order valence-electron chi connectivity index (χ3n) is 5.69. The number of benzene rings is 2. The number of ether oxygens (including phenoxy) is 1. The predicted molar refractivity (Wildman–Crippen MR) is 133 cm³/mol. The number of aliphatic carboxylic acids is 1. The number of sulfone groups is 1.